The Morgan fingerprint density at radius 3 is 2.89 bits per heavy atom. The highest BCUT2D eigenvalue weighted by Gasteiger charge is 2.37. The summed E-state index contributed by atoms with van der Waals surface area (Å²) < 4.78 is 5.48. The fourth-order valence-electron chi connectivity index (χ4n) is 3.42. The highest BCUT2D eigenvalue weighted by atomic mass is 79.9. The third-order valence-electron chi connectivity index (χ3n) is 4.48. The molecule has 2 fully saturated rings. The Bertz CT molecular complexity index is 283. The minimum atomic E-state index is -0.129. The van der Waals surface area contributed by atoms with Gasteiger partial charge in [0.25, 0.3) is 0 Å². The van der Waals surface area contributed by atoms with Crippen LogP contribution < -0.4 is 4.90 Å². The topological polar surface area (TPSA) is 30.7 Å². The van der Waals surface area contributed by atoms with Gasteiger partial charge in [0.05, 0.1) is 25.7 Å². The Morgan fingerprint density at radius 2 is 2.11 bits per heavy atom. The number of halogens is 1. The van der Waals surface area contributed by atoms with Gasteiger partial charge in [-0.15, -0.1) is 0 Å². The van der Waals surface area contributed by atoms with Crippen LogP contribution in [-0.4, -0.2) is 36.5 Å². The number of carbonyl (C=O) groups excluding carboxylic acids is 1. The van der Waals surface area contributed by atoms with Crippen molar-refractivity contribution in [2.45, 2.75) is 56.3 Å². The number of hydrogen-bond donors (Lipinski definition) is 1. The third kappa shape index (κ3) is 3.47. The van der Waals surface area contributed by atoms with Crippen LogP contribution in [0.3, 0.4) is 0 Å². The van der Waals surface area contributed by atoms with Crippen LogP contribution >= 0.6 is 15.9 Å². The van der Waals surface area contributed by atoms with Crippen molar-refractivity contribution in [3.8, 4) is 0 Å². The van der Waals surface area contributed by atoms with Gasteiger partial charge in [-0.1, -0.05) is 22.9 Å². The average Bonchev–Trinajstić information content (AvgIpc) is 2.43. The van der Waals surface area contributed by atoms with Gasteiger partial charge in [0.1, 0.15) is 4.83 Å². The summed E-state index contributed by atoms with van der Waals surface area (Å²) in [4.78, 5) is 13.3. The minimum absolute atomic E-state index is 0.0829. The summed E-state index contributed by atoms with van der Waals surface area (Å²) in [5, 5.41) is 0. The van der Waals surface area contributed by atoms with Crippen molar-refractivity contribution in [3.63, 3.8) is 0 Å². The van der Waals surface area contributed by atoms with Crippen molar-refractivity contribution in [1.82, 2.24) is 0 Å². The highest BCUT2D eigenvalue weighted by molar-refractivity contribution is 9.10. The second-order valence-electron chi connectivity index (χ2n) is 5.67. The van der Waals surface area contributed by atoms with Gasteiger partial charge in [-0.05, 0) is 38.5 Å². The number of esters is 1. The number of hydrogen-bond acceptors (Lipinski definition) is 2. The van der Waals surface area contributed by atoms with E-state index in [1.807, 2.05) is 6.92 Å². The van der Waals surface area contributed by atoms with E-state index in [9.17, 15) is 4.79 Å². The molecule has 0 bridgehead atoms. The first-order chi connectivity index (χ1) is 8.72. The fourth-order valence-corrected chi connectivity index (χ4v) is 3.56. The monoisotopic (exact) mass is 318 g/mol. The maximum atomic E-state index is 11.7. The number of fused-ring (bicyclic) bond motifs is 1. The highest BCUT2D eigenvalue weighted by Crippen LogP contribution is 2.21. The summed E-state index contributed by atoms with van der Waals surface area (Å²) in [5.41, 5.74) is 0. The fraction of sp³-hybridized carbons (Fsp3) is 0.929. The van der Waals surface area contributed by atoms with Crippen LogP contribution in [0.25, 0.3) is 0 Å². The largest absolute Gasteiger partial charge is 0.464 e. The maximum Gasteiger partial charge on any atom is 0.319 e. The van der Waals surface area contributed by atoms with E-state index < -0.39 is 0 Å². The molecule has 3 nitrogen and oxygen atoms in total. The van der Waals surface area contributed by atoms with Gasteiger partial charge in [0, 0.05) is 5.92 Å². The van der Waals surface area contributed by atoms with Gasteiger partial charge in [-0.2, -0.15) is 0 Å². The number of rotatable bonds is 4. The summed E-state index contributed by atoms with van der Waals surface area (Å²) in [6.45, 7) is 5.28. The molecule has 0 saturated carbocycles. The zero-order valence-electron chi connectivity index (χ0n) is 11.3. The molecule has 4 atom stereocenters. The first kappa shape index (κ1) is 14.3. The molecule has 1 N–H and O–H groups in total. The van der Waals surface area contributed by atoms with Crippen molar-refractivity contribution in [1.29, 1.82) is 0 Å². The number of alkyl halides is 1. The van der Waals surface area contributed by atoms with E-state index in [0.717, 1.165) is 12.5 Å². The lowest BCUT2D eigenvalue weighted by atomic mass is 9.84. The van der Waals surface area contributed by atoms with Gasteiger partial charge in [-0.25, -0.2) is 0 Å². The van der Waals surface area contributed by atoms with Gasteiger partial charge < -0.3 is 9.64 Å². The van der Waals surface area contributed by atoms with Crippen LogP contribution in [0, 0.1) is 5.92 Å². The molecule has 4 heteroatoms. The molecule has 104 valence electrons. The Kier molecular flexibility index (Phi) is 5.49. The normalized spacial score (nSPS) is 33.6. The van der Waals surface area contributed by atoms with Crippen LogP contribution in [0.15, 0.2) is 0 Å². The molecule has 2 rings (SSSR count). The van der Waals surface area contributed by atoms with Gasteiger partial charge in [0.15, 0.2) is 0 Å². The lowest BCUT2D eigenvalue weighted by molar-refractivity contribution is -0.940. The van der Waals surface area contributed by atoms with Crippen molar-refractivity contribution >= 4 is 21.9 Å². The second kappa shape index (κ2) is 6.90. The second-order valence-corrected chi connectivity index (χ2v) is 6.77. The number of carbonyl (C=O) groups is 1. The van der Waals surface area contributed by atoms with E-state index in [0.29, 0.717) is 12.5 Å². The van der Waals surface area contributed by atoms with Crippen molar-refractivity contribution in [2.75, 3.05) is 19.7 Å². The smallest absolute Gasteiger partial charge is 0.319 e. The molecule has 2 aliphatic heterocycles. The first-order valence-corrected chi connectivity index (χ1v) is 8.29. The number of ether oxygens (including phenoxy) is 1. The predicted octanol–water partition coefficient (Wildman–Crippen LogP) is 1.55. The minimum Gasteiger partial charge on any atom is -0.464 e. The zero-order valence-corrected chi connectivity index (χ0v) is 12.9. The Balaban J connectivity index is 1.82. The van der Waals surface area contributed by atoms with Crippen LogP contribution in [0.2, 0.25) is 0 Å². The molecule has 0 aliphatic carbocycles. The Morgan fingerprint density at radius 1 is 1.33 bits per heavy atom. The first-order valence-electron chi connectivity index (χ1n) is 7.37. The molecule has 0 spiro atoms. The van der Waals surface area contributed by atoms with Crippen LogP contribution in [0.4, 0.5) is 0 Å². The molecule has 2 saturated heterocycles. The molecule has 0 aromatic heterocycles. The van der Waals surface area contributed by atoms with Crippen molar-refractivity contribution in [2.24, 2.45) is 5.92 Å². The Labute approximate surface area is 118 Å². The van der Waals surface area contributed by atoms with E-state index in [2.05, 4.69) is 15.9 Å². The zero-order chi connectivity index (χ0) is 13.0. The molecule has 2 aliphatic rings. The summed E-state index contributed by atoms with van der Waals surface area (Å²) in [6.07, 6.45) is 7.37. The molecular weight excluding hydrogens is 294 g/mol. The van der Waals surface area contributed by atoms with E-state index in [1.54, 1.807) is 4.90 Å². The number of piperidine rings is 2. The van der Waals surface area contributed by atoms with Crippen LogP contribution in [0.1, 0.15) is 45.4 Å². The maximum absolute atomic E-state index is 11.7. The average molecular weight is 319 g/mol. The van der Waals surface area contributed by atoms with Gasteiger partial charge in [0.2, 0.25) is 0 Å². The van der Waals surface area contributed by atoms with E-state index in [1.165, 1.54) is 45.2 Å². The van der Waals surface area contributed by atoms with Gasteiger partial charge in [-0.3, -0.25) is 4.79 Å². The molecular formula is C14H25BrNO2+. The number of quaternary nitrogens is 1. The molecule has 2 heterocycles. The molecule has 18 heavy (non-hydrogen) atoms. The SMILES string of the molecule is CC[C@@H](Br)C(=O)OC[C@@H]1CCC[NH+]2CCCC[C@H]12. The lowest BCUT2D eigenvalue weighted by Crippen LogP contribution is -3.18. The van der Waals surface area contributed by atoms with Gasteiger partial charge >= 0.3 is 5.97 Å². The molecule has 0 aromatic carbocycles. The van der Waals surface area contributed by atoms with Crippen molar-refractivity contribution in [3.05, 3.63) is 0 Å². The number of nitrogens with one attached hydrogen (secondary N) is 1. The van der Waals surface area contributed by atoms with Crippen LogP contribution in [-0.2, 0) is 9.53 Å². The lowest BCUT2D eigenvalue weighted by Gasteiger charge is -2.41. The van der Waals surface area contributed by atoms with Crippen LogP contribution in [0.5, 0.6) is 0 Å². The quantitative estimate of drug-likeness (QED) is 0.630. The standard InChI is InChI=1S/C14H24BrNO2/c1-2-12(15)14(17)18-10-11-6-5-9-16-8-4-3-7-13(11)16/h11-13H,2-10H2,1H3/p+1/t11-,12+,13+/m0/s1. The molecule has 0 radical (unpaired) electrons. The van der Waals surface area contributed by atoms with Crippen molar-refractivity contribution < 1.29 is 14.4 Å². The third-order valence-corrected chi connectivity index (χ3v) is 5.50. The molecule has 1 unspecified atom stereocenters. The predicted molar refractivity (Wildman–Crippen MR) is 75.0 cm³/mol. The van der Waals surface area contributed by atoms with E-state index in [4.69, 9.17) is 4.74 Å². The summed E-state index contributed by atoms with van der Waals surface area (Å²) in [7, 11) is 0. The molecule has 0 amide bonds. The summed E-state index contributed by atoms with van der Waals surface area (Å²) >= 11 is 3.36. The molecule has 0 aromatic rings. The Hall–Kier alpha value is -0.0900. The van der Waals surface area contributed by atoms with E-state index in [-0.39, 0.29) is 10.8 Å². The van der Waals surface area contributed by atoms with E-state index >= 15 is 0 Å². The summed E-state index contributed by atoms with van der Waals surface area (Å²) in [6, 6.07) is 0.746. The summed E-state index contributed by atoms with van der Waals surface area (Å²) in [5.74, 6) is 0.509.